The van der Waals surface area contributed by atoms with Crippen molar-refractivity contribution < 1.29 is 23.0 Å². The second kappa shape index (κ2) is 9.79. The summed E-state index contributed by atoms with van der Waals surface area (Å²) in [6.45, 7) is 3.72. The number of nitrogens with zero attached hydrogens (tertiary/aromatic N) is 1. The first-order valence-electron chi connectivity index (χ1n) is 10.8. The zero-order chi connectivity index (χ0) is 24.2. The van der Waals surface area contributed by atoms with Gasteiger partial charge in [0.25, 0.3) is 0 Å². The number of H-pyrrole nitrogens is 1. The number of aryl methyl sites for hydroxylation is 1. The van der Waals surface area contributed by atoms with Gasteiger partial charge in [-0.2, -0.15) is 13.2 Å². The summed E-state index contributed by atoms with van der Waals surface area (Å²) in [4.78, 5) is 18.2. The number of alkyl halides is 3. The number of aromatic nitrogens is 1. The van der Waals surface area contributed by atoms with Gasteiger partial charge in [-0.3, -0.25) is 9.79 Å². The number of ether oxygens (including phenoxy) is 1. The molecule has 0 aliphatic carbocycles. The zero-order valence-electron chi connectivity index (χ0n) is 18.7. The number of aromatic amines is 1. The molecule has 2 unspecified atom stereocenters. The third-order valence-corrected chi connectivity index (χ3v) is 5.85. The summed E-state index contributed by atoms with van der Waals surface area (Å²) < 4.78 is 47.8. The van der Waals surface area contributed by atoms with Crippen LogP contribution in [0.2, 0.25) is 0 Å². The van der Waals surface area contributed by atoms with Gasteiger partial charge in [0, 0.05) is 17.7 Å². The molecule has 0 amide bonds. The van der Waals surface area contributed by atoms with E-state index in [2.05, 4.69) is 9.98 Å². The van der Waals surface area contributed by atoms with Crippen LogP contribution in [0.4, 0.5) is 18.9 Å². The average Bonchev–Trinajstić information content (AvgIpc) is 2.79. The molecule has 3 rings (SSSR count). The molecule has 2 atom stereocenters. The van der Waals surface area contributed by atoms with Crippen molar-refractivity contribution in [2.45, 2.75) is 50.8 Å². The standard InChI is InChI=1S/C25H27F3N2O3/c1-4-16-8-6-9-18(23(16)33-3)17(5-2)14-24(32,25(26,27)28)15-29-20-10-7-11-21-19(20)12-13-22(31)30-21/h6-13,15,17,32H,4-5,14H2,1-3H3,(H,30,31)/b29-15+. The molecule has 0 aliphatic heterocycles. The maximum absolute atomic E-state index is 14.1. The Morgan fingerprint density at radius 1 is 1.12 bits per heavy atom. The van der Waals surface area contributed by atoms with Gasteiger partial charge < -0.3 is 14.8 Å². The lowest BCUT2D eigenvalue weighted by Crippen LogP contribution is -2.47. The third kappa shape index (κ3) is 5.11. The first-order valence-corrected chi connectivity index (χ1v) is 10.8. The number of hydrogen-bond acceptors (Lipinski definition) is 4. The number of benzene rings is 2. The van der Waals surface area contributed by atoms with Gasteiger partial charge in [0.1, 0.15) is 5.75 Å². The number of aliphatic hydroxyl groups is 1. The molecule has 2 N–H and O–H groups in total. The highest BCUT2D eigenvalue weighted by Gasteiger charge is 2.53. The van der Waals surface area contributed by atoms with Gasteiger partial charge in [-0.15, -0.1) is 0 Å². The van der Waals surface area contributed by atoms with Crippen LogP contribution in [-0.4, -0.2) is 35.2 Å². The smallest absolute Gasteiger partial charge is 0.422 e. The van der Waals surface area contributed by atoms with Crippen LogP contribution in [-0.2, 0) is 6.42 Å². The Balaban J connectivity index is 2.03. The highest BCUT2D eigenvalue weighted by molar-refractivity contribution is 5.91. The van der Waals surface area contributed by atoms with Crippen LogP contribution in [0.15, 0.2) is 58.3 Å². The van der Waals surface area contributed by atoms with Crippen molar-refractivity contribution in [3.63, 3.8) is 0 Å². The molecule has 0 fully saturated rings. The zero-order valence-corrected chi connectivity index (χ0v) is 18.7. The number of pyridine rings is 1. The second-order valence-corrected chi connectivity index (χ2v) is 7.94. The maximum Gasteiger partial charge on any atom is 0.422 e. The Bertz CT molecular complexity index is 1200. The van der Waals surface area contributed by atoms with Crippen LogP contribution in [0.25, 0.3) is 10.9 Å². The van der Waals surface area contributed by atoms with Crippen LogP contribution in [0.5, 0.6) is 5.75 Å². The van der Waals surface area contributed by atoms with E-state index in [1.165, 1.54) is 25.3 Å². The van der Waals surface area contributed by atoms with Crippen LogP contribution < -0.4 is 10.3 Å². The Kier molecular flexibility index (Phi) is 7.27. The summed E-state index contributed by atoms with van der Waals surface area (Å²) in [6.07, 6.45) is -3.96. The van der Waals surface area contributed by atoms with E-state index in [0.29, 0.717) is 41.3 Å². The third-order valence-electron chi connectivity index (χ3n) is 5.85. The highest BCUT2D eigenvalue weighted by atomic mass is 19.4. The van der Waals surface area contributed by atoms with Gasteiger partial charge in [0.2, 0.25) is 5.56 Å². The molecule has 5 nitrogen and oxygen atoms in total. The SMILES string of the molecule is CCc1cccc(C(CC)CC(O)(/C=N/c2cccc3[nH]c(=O)ccc23)C(F)(F)F)c1OC. The quantitative estimate of drug-likeness (QED) is 0.425. The Hall–Kier alpha value is -3.13. The van der Waals surface area contributed by atoms with Gasteiger partial charge in [-0.25, -0.2) is 0 Å². The summed E-state index contributed by atoms with van der Waals surface area (Å²) in [7, 11) is 1.49. The fourth-order valence-corrected chi connectivity index (χ4v) is 4.00. The summed E-state index contributed by atoms with van der Waals surface area (Å²) in [5, 5.41) is 11.3. The van der Waals surface area contributed by atoms with Gasteiger partial charge in [0.05, 0.1) is 18.3 Å². The van der Waals surface area contributed by atoms with E-state index < -0.39 is 24.1 Å². The predicted octanol–water partition coefficient (Wildman–Crippen LogP) is 5.68. The maximum atomic E-state index is 14.1. The summed E-state index contributed by atoms with van der Waals surface area (Å²) >= 11 is 0. The average molecular weight is 460 g/mol. The Labute approximate surface area is 190 Å². The molecular weight excluding hydrogens is 433 g/mol. The molecular formula is C25H27F3N2O3. The number of nitrogens with one attached hydrogen (secondary N) is 1. The van der Waals surface area contributed by atoms with Crippen molar-refractivity contribution in [1.82, 2.24) is 4.98 Å². The van der Waals surface area contributed by atoms with Crippen molar-refractivity contribution in [3.05, 3.63) is 70.0 Å². The second-order valence-electron chi connectivity index (χ2n) is 7.94. The number of para-hydroxylation sites is 1. The van der Waals surface area contributed by atoms with Gasteiger partial charge in [-0.05, 0) is 54.5 Å². The van der Waals surface area contributed by atoms with E-state index in [1.54, 1.807) is 31.2 Å². The number of rotatable bonds is 8. The van der Waals surface area contributed by atoms with Crippen molar-refractivity contribution in [2.75, 3.05) is 7.11 Å². The number of halogens is 3. The highest BCUT2D eigenvalue weighted by Crippen LogP contribution is 2.42. The number of methoxy groups -OCH3 is 1. The van der Waals surface area contributed by atoms with E-state index in [1.807, 2.05) is 13.0 Å². The summed E-state index contributed by atoms with van der Waals surface area (Å²) in [5.74, 6) is -0.0697. The van der Waals surface area contributed by atoms with Crippen LogP contribution in [0.1, 0.15) is 43.7 Å². The van der Waals surface area contributed by atoms with Gasteiger partial charge in [0.15, 0.2) is 5.60 Å². The molecule has 0 saturated heterocycles. The first-order chi connectivity index (χ1) is 15.6. The fourth-order valence-electron chi connectivity index (χ4n) is 4.00. The van der Waals surface area contributed by atoms with E-state index >= 15 is 0 Å². The van der Waals surface area contributed by atoms with E-state index in [0.717, 1.165) is 5.56 Å². The summed E-state index contributed by atoms with van der Waals surface area (Å²) in [5.41, 5.74) is -1.32. The van der Waals surface area contributed by atoms with E-state index in [-0.39, 0.29) is 11.2 Å². The Morgan fingerprint density at radius 2 is 1.85 bits per heavy atom. The molecule has 3 aromatic rings. The monoisotopic (exact) mass is 460 g/mol. The molecule has 0 radical (unpaired) electrons. The number of aliphatic imine (C=N–C) groups is 1. The molecule has 1 aromatic heterocycles. The topological polar surface area (TPSA) is 74.7 Å². The van der Waals surface area contributed by atoms with Crippen LogP contribution >= 0.6 is 0 Å². The van der Waals surface area contributed by atoms with Crippen molar-refractivity contribution in [3.8, 4) is 5.75 Å². The molecule has 0 bridgehead atoms. The minimum absolute atomic E-state index is 0.213. The van der Waals surface area contributed by atoms with Crippen molar-refractivity contribution in [2.24, 2.45) is 4.99 Å². The van der Waals surface area contributed by atoms with E-state index in [9.17, 15) is 23.1 Å². The minimum Gasteiger partial charge on any atom is -0.496 e. The summed E-state index contributed by atoms with van der Waals surface area (Å²) in [6, 6.07) is 12.9. The first kappa shape index (κ1) is 24.5. The normalized spacial score (nSPS) is 15.0. The van der Waals surface area contributed by atoms with Gasteiger partial charge in [-0.1, -0.05) is 38.1 Å². The molecule has 33 heavy (non-hydrogen) atoms. The lowest BCUT2D eigenvalue weighted by molar-refractivity contribution is -0.232. The lowest BCUT2D eigenvalue weighted by Gasteiger charge is -2.31. The van der Waals surface area contributed by atoms with E-state index in [4.69, 9.17) is 4.74 Å². The largest absolute Gasteiger partial charge is 0.496 e. The molecule has 0 saturated carbocycles. The van der Waals surface area contributed by atoms with Crippen molar-refractivity contribution >= 4 is 22.8 Å². The molecule has 0 aliphatic rings. The minimum atomic E-state index is -4.95. The molecule has 2 aromatic carbocycles. The fraction of sp³-hybridized carbons (Fsp3) is 0.360. The van der Waals surface area contributed by atoms with Gasteiger partial charge >= 0.3 is 6.18 Å². The number of fused-ring (bicyclic) bond motifs is 1. The van der Waals surface area contributed by atoms with Crippen LogP contribution in [0.3, 0.4) is 0 Å². The molecule has 176 valence electrons. The molecule has 8 heteroatoms. The van der Waals surface area contributed by atoms with Crippen molar-refractivity contribution in [1.29, 1.82) is 0 Å². The van der Waals surface area contributed by atoms with Crippen LogP contribution in [0, 0.1) is 0 Å². The number of hydrogen-bond donors (Lipinski definition) is 2. The predicted molar refractivity (Wildman–Crippen MR) is 124 cm³/mol. The Morgan fingerprint density at radius 3 is 2.48 bits per heavy atom. The molecule has 0 spiro atoms. The molecule has 1 heterocycles. The lowest BCUT2D eigenvalue weighted by atomic mass is 9.83.